The summed E-state index contributed by atoms with van der Waals surface area (Å²) in [6.07, 6.45) is 0.153. The lowest BCUT2D eigenvalue weighted by molar-refractivity contribution is -0.447. The normalized spacial score (nSPS) is 10.8. The average molecular weight is 149 g/mol. The minimum absolute atomic E-state index is 0.153. The molecule has 0 atom stereocenters. The van der Waals surface area contributed by atoms with Crippen molar-refractivity contribution in [3.63, 3.8) is 0 Å². The van der Waals surface area contributed by atoms with Crippen LogP contribution in [0.3, 0.4) is 0 Å². The highest BCUT2D eigenvalue weighted by Gasteiger charge is 2.10. The van der Waals surface area contributed by atoms with Crippen LogP contribution in [-0.2, 0) is 9.53 Å². The fourth-order valence-electron chi connectivity index (χ4n) is 0.209. The maximum atomic E-state index is 11.8. The van der Waals surface area contributed by atoms with Gasteiger partial charge in [-0.3, -0.25) is 10.1 Å². The molecule has 0 aromatic heterocycles. The summed E-state index contributed by atoms with van der Waals surface area (Å²) >= 11 is 0. The third-order valence-corrected chi connectivity index (χ3v) is 0.613. The SMILES string of the molecule is COC(=O)/C=C(\F)[N+](=O)[O-]. The summed E-state index contributed by atoms with van der Waals surface area (Å²) in [5, 5.41) is 9.51. The van der Waals surface area contributed by atoms with Crippen LogP contribution in [0, 0.1) is 10.1 Å². The molecule has 0 heterocycles. The fourth-order valence-corrected chi connectivity index (χ4v) is 0.209. The second-order valence-corrected chi connectivity index (χ2v) is 1.25. The van der Waals surface area contributed by atoms with Gasteiger partial charge in [0.25, 0.3) is 0 Å². The Hall–Kier alpha value is -1.46. The molecule has 0 N–H and O–H groups in total. The van der Waals surface area contributed by atoms with Crippen molar-refractivity contribution in [2.45, 2.75) is 0 Å². The molecule has 0 unspecified atom stereocenters. The molecule has 0 fully saturated rings. The van der Waals surface area contributed by atoms with Gasteiger partial charge in [-0.15, -0.1) is 4.39 Å². The Bertz CT molecular complexity index is 188. The minimum Gasteiger partial charge on any atom is -0.466 e. The number of methoxy groups -OCH3 is 1. The van der Waals surface area contributed by atoms with Gasteiger partial charge in [-0.05, 0) is 0 Å². The summed E-state index contributed by atoms with van der Waals surface area (Å²) in [6, 6.07) is 0. The van der Waals surface area contributed by atoms with E-state index in [4.69, 9.17) is 0 Å². The predicted molar refractivity (Wildman–Crippen MR) is 28.2 cm³/mol. The van der Waals surface area contributed by atoms with E-state index < -0.39 is 16.8 Å². The number of ether oxygens (including phenoxy) is 1. The van der Waals surface area contributed by atoms with Gasteiger partial charge in [0.15, 0.2) is 0 Å². The van der Waals surface area contributed by atoms with Gasteiger partial charge in [-0.25, -0.2) is 4.79 Å². The lowest BCUT2D eigenvalue weighted by Gasteiger charge is -1.86. The molecule has 0 bridgehead atoms. The molecule has 0 aliphatic rings. The molecule has 0 saturated carbocycles. The largest absolute Gasteiger partial charge is 0.466 e. The third-order valence-electron chi connectivity index (χ3n) is 0.613. The van der Waals surface area contributed by atoms with Crippen LogP contribution < -0.4 is 0 Å². The first kappa shape index (κ1) is 8.54. The first-order valence-electron chi connectivity index (χ1n) is 2.17. The van der Waals surface area contributed by atoms with E-state index in [1.807, 2.05) is 0 Å². The van der Waals surface area contributed by atoms with Crippen LogP contribution in [0.15, 0.2) is 12.0 Å². The second-order valence-electron chi connectivity index (χ2n) is 1.25. The molecule has 0 radical (unpaired) electrons. The Labute approximate surface area is 55.2 Å². The van der Waals surface area contributed by atoms with Crippen molar-refractivity contribution >= 4 is 5.97 Å². The molecule has 10 heavy (non-hydrogen) atoms. The number of esters is 1. The van der Waals surface area contributed by atoms with Gasteiger partial charge in [-0.2, -0.15) is 0 Å². The highest BCUT2D eigenvalue weighted by Crippen LogP contribution is 1.95. The van der Waals surface area contributed by atoms with Gasteiger partial charge in [0.1, 0.15) is 6.08 Å². The molecule has 0 aliphatic carbocycles. The topological polar surface area (TPSA) is 69.4 Å². The molecular weight excluding hydrogens is 145 g/mol. The van der Waals surface area contributed by atoms with Crippen LogP contribution >= 0.6 is 0 Å². The number of hydrogen-bond acceptors (Lipinski definition) is 4. The number of nitrogens with zero attached hydrogens (tertiary/aromatic N) is 1. The summed E-state index contributed by atoms with van der Waals surface area (Å²) in [6.45, 7) is 0. The van der Waals surface area contributed by atoms with Crippen LogP contribution in [-0.4, -0.2) is 18.0 Å². The Morgan fingerprint density at radius 2 is 2.30 bits per heavy atom. The van der Waals surface area contributed by atoms with Crippen LogP contribution in [0.25, 0.3) is 0 Å². The van der Waals surface area contributed by atoms with Crippen LogP contribution in [0.1, 0.15) is 0 Å². The highest BCUT2D eigenvalue weighted by molar-refractivity contribution is 5.81. The van der Waals surface area contributed by atoms with Crippen molar-refractivity contribution in [3.8, 4) is 0 Å². The average Bonchev–Trinajstić information content (AvgIpc) is 1.87. The Morgan fingerprint density at radius 1 is 1.80 bits per heavy atom. The van der Waals surface area contributed by atoms with E-state index in [-0.39, 0.29) is 6.08 Å². The fraction of sp³-hybridized carbons (Fsp3) is 0.250. The van der Waals surface area contributed by atoms with Crippen LogP contribution in [0.2, 0.25) is 0 Å². The summed E-state index contributed by atoms with van der Waals surface area (Å²) in [5.74, 6) is -2.82. The zero-order chi connectivity index (χ0) is 8.15. The van der Waals surface area contributed by atoms with Crippen LogP contribution in [0.5, 0.6) is 0 Å². The summed E-state index contributed by atoms with van der Waals surface area (Å²) in [5.41, 5.74) is 0. The molecule has 0 aromatic carbocycles. The monoisotopic (exact) mass is 149 g/mol. The molecule has 0 spiro atoms. The molecular formula is C4H4FNO4. The zero-order valence-corrected chi connectivity index (χ0v) is 5.04. The Balaban J connectivity index is 4.16. The van der Waals surface area contributed by atoms with Gasteiger partial charge in [0.05, 0.1) is 12.0 Å². The summed E-state index contributed by atoms with van der Waals surface area (Å²) < 4.78 is 15.7. The van der Waals surface area contributed by atoms with Gasteiger partial charge in [0.2, 0.25) is 0 Å². The van der Waals surface area contributed by atoms with Crippen molar-refractivity contribution < 1.29 is 18.8 Å². The molecule has 0 saturated heterocycles. The van der Waals surface area contributed by atoms with Crippen molar-refractivity contribution in [2.24, 2.45) is 0 Å². The first-order chi connectivity index (χ1) is 4.57. The smallest absolute Gasteiger partial charge is 0.426 e. The molecule has 5 nitrogen and oxygen atoms in total. The molecule has 6 heteroatoms. The number of nitro groups is 1. The van der Waals surface area contributed by atoms with E-state index in [1.54, 1.807) is 0 Å². The standard InChI is InChI=1S/C4H4FNO4/c1-10-4(7)2-3(5)6(8)9/h2H,1H3/b3-2+. The van der Waals surface area contributed by atoms with Crippen molar-refractivity contribution in [1.29, 1.82) is 0 Å². The Kier molecular flexibility index (Phi) is 3.03. The maximum absolute atomic E-state index is 11.8. The van der Waals surface area contributed by atoms with Crippen molar-refractivity contribution in [1.82, 2.24) is 0 Å². The predicted octanol–water partition coefficient (Wildman–Crippen LogP) is 0.247. The third kappa shape index (κ3) is 2.75. The summed E-state index contributed by atoms with van der Waals surface area (Å²) in [7, 11) is 0.992. The van der Waals surface area contributed by atoms with E-state index in [2.05, 4.69) is 4.74 Å². The molecule has 0 aliphatic heterocycles. The number of carbonyl (C=O) groups excluding carboxylic acids is 1. The zero-order valence-electron chi connectivity index (χ0n) is 5.04. The van der Waals surface area contributed by atoms with Gasteiger partial charge < -0.3 is 4.74 Å². The van der Waals surface area contributed by atoms with Crippen LogP contribution in [0.4, 0.5) is 4.39 Å². The van der Waals surface area contributed by atoms with Crippen molar-refractivity contribution in [2.75, 3.05) is 7.11 Å². The van der Waals surface area contributed by atoms with Gasteiger partial charge in [0, 0.05) is 0 Å². The van der Waals surface area contributed by atoms with E-state index in [1.165, 1.54) is 0 Å². The summed E-state index contributed by atoms with van der Waals surface area (Å²) in [4.78, 5) is 18.3. The van der Waals surface area contributed by atoms with E-state index in [0.717, 1.165) is 7.11 Å². The van der Waals surface area contributed by atoms with Crippen molar-refractivity contribution in [3.05, 3.63) is 22.1 Å². The number of hydrogen-bond donors (Lipinski definition) is 0. The molecule has 0 amide bonds. The molecule has 0 rings (SSSR count). The minimum atomic E-state index is -1.73. The number of carbonyl (C=O) groups is 1. The van der Waals surface area contributed by atoms with E-state index >= 15 is 0 Å². The number of rotatable bonds is 2. The maximum Gasteiger partial charge on any atom is 0.426 e. The Morgan fingerprint density at radius 3 is 2.60 bits per heavy atom. The molecule has 56 valence electrons. The van der Waals surface area contributed by atoms with Gasteiger partial charge >= 0.3 is 11.9 Å². The molecule has 0 aromatic rings. The highest BCUT2D eigenvalue weighted by atomic mass is 19.1. The van der Waals surface area contributed by atoms with Gasteiger partial charge in [-0.1, -0.05) is 0 Å². The first-order valence-corrected chi connectivity index (χ1v) is 2.17. The lowest BCUT2D eigenvalue weighted by Crippen LogP contribution is -2.00. The quantitative estimate of drug-likeness (QED) is 0.185. The van der Waals surface area contributed by atoms with E-state index in [0.29, 0.717) is 0 Å². The number of halogens is 1. The second kappa shape index (κ2) is 3.54. The van der Waals surface area contributed by atoms with E-state index in [9.17, 15) is 19.3 Å². The lowest BCUT2D eigenvalue weighted by atomic mass is 10.6.